The van der Waals surface area contributed by atoms with Gasteiger partial charge in [0.05, 0.1) is 12.3 Å². The van der Waals surface area contributed by atoms with E-state index < -0.39 is 35.6 Å². The lowest BCUT2D eigenvalue weighted by Crippen LogP contribution is -2.41. The molecule has 2 unspecified atom stereocenters. The SMILES string of the molecule is CC(C)(C)OC(=O)CCC(=O)NC1CCCC(C(F)(F)F)C1. The average Bonchev–Trinajstić information content (AvgIpc) is 2.34. The number of ether oxygens (including phenoxy) is 1. The maximum atomic E-state index is 12.7. The number of carbonyl (C=O) groups excluding carboxylic acids is 2. The molecule has 0 heterocycles. The van der Waals surface area contributed by atoms with Crippen LogP contribution in [0.1, 0.15) is 59.3 Å². The van der Waals surface area contributed by atoms with Crippen LogP contribution in [-0.4, -0.2) is 29.7 Å². The van der Waals surface area contributed by atoms with Crippen molar-refractivity contribution in [3.8, 4) is 0 Å². The molecule has 0 aromatic rings. The molecule has 0 radical (unpaired) electrons. The average molecular weight is 323 g/mol. The molecule has 1 aliphatic carbocycles. The quantitative estimate of drug-likeness (QED) is 0.807. The number of amides is 1. The van der Waals surface area contributed by atoms with Gasteiger partial charge in [0.1, 0.15) is 5.60 Å². The molecule has 0 bridgehead atoms. The third-order valence-electron chi connectivity index (χ3n) is 3.48. The highest BCUT2D eigenvalue weighted by Crippen LogP contribution is 2.37. The predicted molar refractivity (Wildman–Crippen MR) is 75.0 cm³/mol. The number of nitrogens with one attached hydrogen (secondary N) is 1. The van der Waals surface area contributed by atoms with Gasteiger partial charge >= 0.3 is 12.1 Å². The Morgan fingerprint density at radius 2 is 1.77 bits per heavy atom. The Balaban J connectivity index is 2.34. The Kier molecular flexibility index (Phi) is 6.26. The molecule has 0 aromatic heterocycles. The monoisotopic (exact) mass is 323 g/mol. The van der Waals surface area contributed by atoms with Crippen molar-refractivity contribution in [1.82, 2.24) is 5.32 Å². The van der Waals surface area contributed by atoms with E-state index in [2.05, 4.69) is 5.32 Å². The molecule has 22 heavy (non-hydrogen) atoms. The molecule has 0 spiro atoms. The van der Waals surface area contributed by atoms with Crippen LogP contribution in [0.2, 0.25) is 0 Å². The molecule has 128 valence electrons. The zero-order valence-corrected chi connectivity index (χ0v) is 13.3. The summed E-state index contributed by atoms with van der Waals surface area (Å²) in [6.07, 6.45) is -3.32. The molecule has 0 aromatic carbocycles. The van der Waals surface area contributed by atoms with Gasteiger partial charge in [-0.25, -0.2) is 0 Å². The van der Waals surface area contributed by atoms with Gasteiger partial charge in [0, 0.05) is 12.5 Å². The van der Waals surface area contributed by atoms with Crippen LogP contribution in [0, 0.1) is 5.92 Å². The lowest BCUT2D eigenvalue weighted by Gasteiger charge is -2.31. The summed E-state index contributed by atoms with van der Waals surface area (Å²) < 4.78 is 43.1. The summed E-state index contributed by atoms with van der Waals surface area (Å²) in [6, 6.07) is -0.466. The van der Waals surface area contributed by atoms with E-state index in [4.69, 9.17) is 4.74 Å². The van der Waals surface area contributed by atoms with Crippen molar-refractivity contribution in [2.45, 2.75) is 77.1 Å². The minimum absolute atomic E-state index is 0.0674. The summed E-state index contributed by atoms with van der Waals surface area (Å²) in [5.74, 6) is -2.24. The third kappa shape index (κ3) is 7.13. The molecule has 0 aliphatic heterocycles. The van der Waals surface area contributed by atoms with Crippen molar-refractivity contribution in [3.05, 3.63) is 0 Å². The second-order valence-electron chi connectivity index (χ2n) is 6.76. The summed E-state index contributed by atoms with van der Waals surface area (Å²) in [5, 5.41) is 2.59. The summed E-state index contributed by atoms with van der Waals surface area (Å²) in [4.78, 5) is 23.2. The fourth-order valence-electron chi connectivity index (χ4n) is 2.53. The largest absolute Gasteiger partial charge is 0.460 e. The molecule has 1 fully saturated rings. The van der Waals surface area contributed by atoms with Gasteiger partial charge in [0.2, 0.25) is 5.91 Å². The number of hydrogen-bond acceptors (Lipinski definition) is 3. The van der Waals surface area contributed by atoms with Crippen LogP contribution >= 0.6 is 0 Å². The number of halogens is 3. The Bertz CT molecular complexity index is 402. The van der Waals surface area contributed by atoms with Crippen molar-refractivity contribution < 1.29 is 27.5 Å². The molecule has 0 saturated heterocycles. The topological polar surface area (TPSA) is 55.4 Å². The van der Waals surface area contributed by atoms with Crippen molar-refractivity contribution in [3.63, 3.8) is 0 Å². The Morgan fingerprint density at radius 1 is 1.14 bits per heavy atom. The zero-order chi connectivity index (χ0) is 17.0. The van der Waals surface area contributed by atoms with E-state index in [0.29, 0.717) is 12.8 Å². The molecule has 2 atom stereocenters. The lowest BCUT2D eigenvalue weighted by atomic mass is 9.85. The van der Waals surface area contributed by atoms with Crippen LogP contribution in [-0.2, 0) is 14.3 Å². The van der Waals surface area contributed by atoms with Gasteiger partial charge in [0.15, 0.2) is 0 Å². The lowest BCUT2D eigenvalue weighted by molar-refractivity contribution is -0.184. The van der Waals surface area contributed by atoms with E-state index in [1.54, 1.807) is 20.8 Å². The Morgan fingerprint density at radius 3 is 2.32 bits per heavy atom. The molecule has 1 saturated carbocycles. The normalized spacial score (nSPS) is 23.0. The highest BCUT2D eigenvalue weighted by molar-refractivity contribution is 5.81. The molecule has 4 nitrogen and oxygen atoms in total. The van der Waals surface area contributed by atoms with Gasteiger partial charge in [-0.2, -0.15) is 13.2 Å². The smallest absolute Gasteiger partial charge is 0.391 e. The summed E-state index contributed by atoms with van der Waals surface area (Å²) in [7, 11) is 0. The van der Waals surface area contributed by atoms with E-state index in [9.17, 15) is 22.8 Å². The first kappa shape index (κ1) is 18.8. The molecule has 1 N–H and O–H groups in total. The predicted octanol–water partition coefficient (Wildman–Crippen LogP) is 3.35. The van der Waals surface area contributed by atoms with Crippen LogP contribution in [0.3, 0.4) is 0 Å². The molecule has 7 heteroatoms. The van der Waals surface area contributed by atoms with E-state index in [1.807, 2.05) is 0 Å². The second-order valence-corrected chi connectivity index (χ2v) is 6.76. The van der Waals surface area contributed by atoms with Crippen molar-refractivity contribution in [2.24, 2.45) is 5.92 Å². The highest BCUT2D eigenvalue weighted by Gasteiger charge is 2.42. The fourth-order valence-corrected chi connectivity index (χ4v) is 2.53. The molecule has 1 aliphatic rings. The molecular weight excluding hydrogens is 299 g/mol. The van der Waals surface area contributed by atoms with Crippen molar-refractivity contribution >= 4 is 11.9 Å². The number of hydrogen-bond donors (Lipinski definition) is 1. The highest BCUT2D eigenvalue weighted by atomic mass is 19.4. The Labute approximate surface area is 128 Å². The third-order valence-corrected chi connectivity index (χ3v) is 3.48. The van der Waals surface area contributed by atoms with Gasteiger partial charge in [-0.3, -0.25) is 9.59 Å². The van der Waals surface area contributed by atoms with E-state index in [0.717, 1.165) is 0 Å². The first-order valence-corrected chi connectivity index (χ1v) is 7.55. The first-order chi connectivity index (χ1) is 9.97. The minimum atomic E-state index is -4.21. The van der Waals surface area contributed by atoms with Gasteiger partial charge in [0.25, 0.3) is 0 Å². The fraction of sp³-hybridized carbons (Fsp3) is 0.867. The van der Waals surface area contributed by atoms with Crippen LogP contribution in [0.4, 0.5) is 13.2 Å². The van der Waals surface area contributed by atoms with Crippen LogP contribution in [0.15, 0.2) is 0 Å². The number of esters is 1. The van der Waals surface area contributed by atoms with Crippen LogP contribution < -0.4 is 5.32 Å². The van der Waals surface area contributed by atoms with Crippen LogP contribution in [0.25, 0.3) is 0 Å². The van der Waals surface area contributed by atoms with Gasteiger partial charge in [-0.05, 0) is 40.0 Å². The maximum absolute atomic E-state index is 12.7. The van der Waals surface area contributed by atoms with Gasteiger partial charge < -0.3 is 10.1 Å². The standard InChI is InChI=1S/C15H24F3NO3/c1-14(2,3)22-13(21)8-7-12(20)19-11-6-4-5-10(9-11)15(16,17)18/h10-11H,4-9H2,1-3H3,(H,19,20). The summed E-state index contributed by atoms with van der Waals surface area (Å²) >= 11 is 0. The van der Waals surface area contributed by atoms with E-state index in [-0.39, 0.29) is 25.7 Å². The van der Waals surface area contributed by atoms with E-state index in [1.165, 1.54) is 0 Å². The number of carbonyl (C=O) groups is 2. The zero-order valence-electron chi connectivity index (χ0n) is 13.3. The number of alkyl halides is 3. The molecule has 1 rings (SSSR count). The van der Waals surface area contributed by atoms with Gasteiger partial charge in [-0.15, -0.1) is 0 Å². The van der Waals surface area contributed by atoms with Gasteiger partial charge in [-0.1, -0.05) is 6.42 Å². The number of rotatable bonds is 4. The van der Waals surface area contributed by atoms with Crippen LogP contribution in [0.5, 0.6) is 0 Å². The minimum Gasteiger partial charge on any atom is -0.460 e. The second kappa shape index (κ2) is 7.33. The summed E-state index contributed by atoms with van der Waals surface area (Å²) in [5.41, 5.74) is -0.614. The van der Waals surface area contributed by atoms with Crippen molar-refractivity contribution in [2.75, 3.05) is 0 Å². The maximum Gasteiger partial charge on any atom is 0.391 e. The van der Waals surface area contributed by atoms with E-state index >= 15 is 0 Å². The summed E-state index contributed by atoms with van der Waals surface area (Å²) in [6.45, 7) is 5.18. The van der Waals surface area contributed by atoms with Crippen molar-refractivity contribution in [1.29, 1.82) is 0 Å². The molecule has 1 amide bonds. The Hall–Kier alpha value is -1.27. The first-order valence-electron chi connectivity index (χ1n) is 7.55. The molecular formula is C15H24F3NO3.